The van der Waals surface area contributed by atoms with E-state index in [9.17, 15) is 14.2 Å². The summed E-state index contributed by atoms with van der Waals surface area (Å²) >= 11 is 0. The molecular weight excluding hydrogens is 325 g/mol. The van der Waals surface area contributed by atoms with Gasteiger partial charge in [0.05, 0.1) is 19.3 Å². The number of hydroxylamine groups is 2. The van der Waals surface area contributed by atoms with Crippen molar-refractivity contribution >= 4 is 7.60 Å². The van der Waals surface area contributed by atoms with Crippen LogP contribution in [0.4, 0.5) is 0 Å². The van der Waals surface area contributed by atoms with Crippen LogP contribution in [0.15, 0.2) is 21.9 Å². The van der Waals surface area contributed by atoms with Gasteiger partial charge in [-0.1, -0.05) is 0 Å². The standard InChI is InChI=1S/C13H22N3O6P/c1-4-20-23(19,21-5-2)12-8-10(15(3)22-12)9-16-7-6-11(17)14-13(16)18/h6-7,10,12H,4-5,8-9H2,1-3H3,(H,14,17,18)/t10-,12-/m0/s1. The van der Waals surface area contributed by atoms with Crippen molar-refractivity contribution in [1.29, 1.82) is 0 Å². The monoisotopic (exact) mass is 347 g/mol. The third-order valence-corrected chi connectivity index (χ3v) is 5.80. The van der Waals surface area contributed by atoms with E-state index in [1.54, 1.807) is 26.0 Å². The predicted octanol–water partition coefficient (Wildman–Crippen LogP) is 0.765. The van der Waals surface area contributed by atoms with Gasteiger partial charge in [0.2, 0.25) is 0 Å². The Labute approximate surface area is 133 Å². The Bertz CT molecular complexity index is 677. The lowest BCUT2D eigenvalue weighted by atomic mass is 10.2. The smallest absolute Gasteiger partial charge is 0.307 e. The largest absolute Gasteiger partial charge is 0.361 e. The van der Waals surface area contributed by atoms with Crippen LogP contribution in [-0.4, -0.2) is 46.8 Å². The fraction of sp³-hybridized carbons (Fsp3) is 0.692. The highest BCUT2D eigenvalue weighted by molar-refractivity contribution is 7.54. The van der Waals surface area contributed by atoms with E-state index in [1.807, 2.05) is 0 Å². The van der Waals surface area contributed by atoms with Gasteiger partial charge < -0.3 is 9.05 Å². The van der Waals surface area contributed by atoms with Gasteiger partial charge in [-0.05, 0) is 13.8 Å². The molecule has 0 radical (unpaired) electrons. The van der Waals surface area contributed by atoms with Crippen LogP contribution in [0.5, 0.6) is 0 Å². The molecule has 0 unspecified atom stereocenters. The molecule has 0 amide bonds. The van der Waals surface area contributed by atoms with Crippen molar-refractivity contribution in [2.75, 3.05) is 20.3 Å². The first-order valence-electron chi connectivity index (χ1n) is 7.47. The maximum absolute atomic E-state index is 12.8. The van der Waals surface area contributed by atoms with E-state index in [0.717, 1.165) is 0 Å². The van der Waals surface area contributed by atoms with E-state index in [0.29, 0.717) is 13.0 Å². The maximum Gasteiger partial charge on any atom is 0.361 e. The predicted molar refractivity (Wildman–Crippen MR) is 83.2 cm³/mol. The van der Waals surface area contributed by atoms with Gasteiger partial charge in [0.25, 0.3) is 5.56 Å². The van der Waals surface area contributed by atoms with Crippen molar-refractivity contribution < 1.29 is 18.5 Å². The SMILES string of the molecule is CCOP(=O)(OCC)[C@H]1C[C@@H](Cn2ccc(=O)[nH]c2=O)N(C)O1. The molecule has 1 aromatic heterocycles. The van der Waals surface area contributed by atoms with Gasteiger partial charge in [-0.3, -0.25) is 23.7 Å². The molecular formula is C13H22N3O6P. The van der Waals surface area contributed by atoms with Crippen molar-refractivity contribution in [3.05, 3.63) is 33.1 Å². The first-order chi connectivity index (χ1) is 10.9. The molecule has 1 N–H and O–H groups in total. The fourth-order valence-corrected chi connectivity index (χ4v) is 4.35. The third-order valence-electron chi connectivity index (χ3n) is 3.55. The molecule has 0 aliphatic carbocycles. The number of aromatic amines is 1. The molecule has 2 atom stereocenters. The molecule has 2 rings (SSSR count). The molecule has 0 aromatic carbocycles. The van der Waals surface area contributed by atoms with Crippen LogP contribution in [-0.2, 0) is 25.0 Å². The van der Waals surface area contributed by atoms with Crippen molar-refractivity contribution in [1.82, 2.24) is 14.6 Å². The van der Waals surface area contributed by atoms with Crippen LogP contribution in [0.25, 0.3) is 0 Å². The lowest BCUT2D eigenvalue weighted by Crippen LogP contribution is -2.36. The summed E-state index contributed by atoms with van der Waals surface area (Å²) in [6.07, 6.45) is 1.81. The van der Waals surface area contributed by atoms with Crippen molar-refractivity contribution in [3.63, 3.8) is 0 Å². The van der Waals surface area contributed by atoms with Gasteiger partial charge in [-0.2, -0.15) is 5.06 Å². The third kappa shape index (κ3) is 4.19. The molecule has 1 aliphatic heterocycles. The van der Waals surface area contributed by atoms with E-state index >= 15 is 0 Å². The highest BCUT2D eigenvalue weighted by atomic mass is 31.2. The minimum Gasteiger partial charge on any atom is -0.307 e. The number of H-pyrrole nitrogens is 1. The minimum atomic E-state index is -3.38. The Morgan fingerprint density at radius 2 is 2.00 bits per heavy atom. The second-order valence-corrected chi connectivity index (χ2v) is 7.31. The topological polar surface area (TPSA) is 103 Å². The van der Waals surface area contributed by atoms with Crippen LogP contribution in [0.3, 0.4) is 0 Å². The Morgan fingerprint density at radius 3 is 2.57 bits per heavy atom. The maximum atomic E-state index is 12.8. The molecule has 0 bridgehead atoms. The van der Waals surface area contributed by atoms with E-state index in [1.165, 1.54) is 16.8 Å². The van der Waals surface area contributed by atoms with Crippen LogP contribution >= 0.6 is 7.60 Å². The second kappa shape index (κ2) is 7.55. The number of hydrogen-bond donors (Lipinski definition) is 1. The number of likely N-dealkylation sites (N-methyl/N-ethyl adjacent to an activating group) is 1. The highest BCUT2D eigenvalue weighted by Gasteiger charge is 2.45. The van der Waals surface area contributed by atoms with Crippen molar-refractivity contribution in [2.45, 2.75) is 38.7 Å². The zero-order valence-corrected chi connectivity index (χ0v) is 14.3. The van der Waals surface area contributed by atoms with Gasteiger partial charge in [0, 0.05) is 32.3 Å². The first kappa shape index (κ1) is 18.1. The summed E-state index contributed by atoms with van der Waals surface area (Å²) in [6.45, 7) is 4.28. The molecule has 1 aromatic rings. The molecule has 1 aliphatic rings. The van der Waals surface area contributed by atoms with Crippen molar-refractivity contribution in [3.8, 4) is 0 Å². The number of aromatic nitrogens is 2. The molecule has 1 saturated heterocycles. The summed E-state index contributed by atoms with van der Waals surface area (Å²) < 4.78 is 24.7. The summed E-state index contributed by atoms with van der Waals surface area (Å²) in [6, 6.07) is 1.08. The normalized spacial score (nSPS) is 22.6. The number of hydrogen-bond acceptors (Lipinski definition) is 7. The number of nitrogens with one attached hydrogen (secondary N) is 1. The molecule has 23 heavy (non-hydrogen) atoms. The van der Waals surface area contributed by atoms with E-state index in [4.69, 9.17) is 13.9 Å². The number of nitrogens with zero attached hydrogens (tertiary/aromatic N) is 2. The molecule has 0 spiro atoms. The lowest BCUT2D eigenvalue weighted by Gasteiger charge is -2.22. The fourth-order valence-electron chi connectivity index (χ4n) is 2.46. The van der Waals surface area contributed by atoms with Crippen LogP contribution in [0.2, 0.25) is 0 Å². The summed E-state index contributed by atoms with van der Waals surface area (Å²) in [5.74, 6) is -0.712. The van der Waals surface area contributed by atoms with Gasteiger partial charge in [0.15, 0.2) is 5.85 Å². The second-order valence-electron chi connectivity index (χ2n) is 5.13. The molecule has 9 nitrogen and oxygen atoms in total. The highest BCUT2D eigenvalue weighted by Crippen LogP contribution is 2.57. The van der Waals surface area contributed by atoms with Gasteiger partial charge in [-0.25, -0.2) is 4.79 Å². The first-order valence-corrected chi connectivity index (χ1v) is 9.09. The Morgan fingerprint density at radius 1 is 1.35 bits per heavy atom. The molecule has 10 heteroatoms. The average Bonchev–Trinajstić information content (AvgIpc) is 2.84. The molecule has 130 valence electrons. The zero-order valence-electron chi connectivity index (χ0n) is 13.4. The summed E-state index contributed by atoms with van der Waals surface area (Å²) in [5.41, 5.74) is -0.940. The minimum absolute atomic E-state index is 0.196. The Balaban J connectivity index is 2.13. The van der Waals surface area contributed by atoms with Crippen molar-refractivity contribution in [2.24, 2.45) is 0 Å². The van der Waals surface area contributed by atoms with Gasteiger partial charge in [-0.15, -0.1) is 0 Å². The molecule has 0 saturated carbocycles. The average molecular weight is 347 g/mol. The van der Waals surface area contributed by atoms with Gasteiger partial charge in [0.1, 0.15) is 0 Å². The van der Waals surface area contributed by atoms with Crippen LogP contribution in [0.1, 0.15) is 20.3 Å². The Kier molecular flexibility index (Phi) is 5.94. The van der Waals surface area contributed by atoms with E-state index in [-0.39, 0.29) is 19.3 Å². The summed E-state index contributed by atoms with van der Waals surface area (Å²) in [7, 11) is -1.68. The van der Waals surface area contributed by atoms with Crippen LogP contribution < -0.4 is 11.2 Å². The lowest BCUT2D eigenvalue weighted by molar-refractivity contribution is -0.129. The quantitative estimate of drug-likeness (QED) is 0.727. The number of rotatable bonds is 7. The Hall–Kier alpha value is -1.25. The molecule has 2 heterocycles. The van der Waals surface area contributed by atoms with E-state index in [2.05, 4.69) is 4.98 Å². The molecule has 1 fully saturated rings. The zero-order chi connectivity index (χ0) is 17.0. The van der Waals surface area contributed by atoms with Gasteiger partial charge >= 0.3 is 13.3 Å². The summed E-state index contributed by atoms with van der Waals surface area (Å²) in [5, 5.41) is 1.55. The van der Waals surface area contributed by atoms with E-state index < -0.39 is 24.7 Å². The van der Waals surface area contributed by atoms with Crippen LogP contribution in [0, 0.1) is 0 Å². The summed E-state index contributed by atoms with van der Waals surface area (Å²) in [4.78, 5) is 30.7.